The molecule has 18 heavy (non-hydrogen) atoms. The summed E-state index contributed by atoms with van der Waals surface area (Å²) >= 11 is 1.86. The lowest BCUT2D eigenvalue weighted by atomic mass is 9.83. The van der Waals surface area contributed by atoms with E-state index >= 15 is 0 Å². The third-order valence-electron chi connectivity index (χ3n) is 3.31. The molecule has 0 aromatic heterocycles. The molecular formula is C15H32O2S. The summed E-state index contributed by atoms with van der Waals surface area (Å²) in [6, 6.07) is 0. The molecule has 0 aliphatic heterocycles. The molecule has 0 aromatic rings. The topological polar surface area (TPSA) is 18.5 Å². The van der Waals surface area contributed by atoms with Crippen LogP contribution >= 0.6 is 11.8 Å². The van der Waals surface area contributed by atoms with Gasteiger partial charge < -0.3 is 9.47 Å². The van der Waals surface area contributed by atoms with E-state index in [1.165, 1.54) is 25.7 Å². The van der Waals surface area contributed by atoms with Crippen LogP contribution in [0.3, 0.4) is 0 Å². The molecule has 1 rings (SSSR count). The molecule has 0 amide bonds. The highest BCUT2D eigenvalue weighted by atomic mass is 32.2. The Hall–Kier alpha value is 0.270. The molecule has 0 atom stereocenters. The van der Waals surface area contributed by atoms with Crippen LogP contribution in [0.25, 0.3) is 0 Å². The lowest BCUT2D eigenvalue weighted by Crippen LogP contribution is -2.22. The summed E-state index contributed by atoms with van der Waals surface area (Å²) in [5.74, 6) is 2.74. The zero-order valence-electron chi connectivity index (χ0n) is 12.7. The summed E-state index contributed by atoms with van der Waals surface area (Å²) in [6.45, 7) is 9.79. The Bertz CT molecular complexity index is 157. The minimum atomic E-state index is 0.805. The summed E-state index contributed by atoms with van der Waals surface area (Å²) in [5.41, 5.74) is 0. The van der Waals surface area contributed by atoms with Gasteiger partial charge in [0.15, 0.2) is 0 Å². The minimum Gasteiger partial charge on any atom is -0.381 e. The van der Waals surface area contributed by atoms with Gasteiger partial charge in [0, 0.05) is 25.6 Å². The van der Waals surface area contributed by atoms with Gasteiger partial charge in [0.05, 0.1) is 6.61 Å². The first-order valence-electron chi connectivity index (χ1n) is 7.51. The van der Waals surface area contributed by atoms with Crippen LogP contribution in [0.1, 0.15) is 46.5 Å². The van der Waals surface area contributed by atoms with Gasteiger partial charge in [0.2, 0.25) is 0 Å². The Morgan fingerprint density at radius 3 is 1.89 bits per heavy atom. The van der Waals surface area contributed by atoms with Crippen molar-refractivity contribution in [3.05, 3.63) is 0 Å². The van der Waals surface area contributed by atoms with Crippen molar-refractivity contribution in [1.29, 1.82) is 0 Å². The van der Waals surface area contributed by atoms with Gasteiger partial charge in [-0.05, 0) is 50.7 Å². The molecule has 0 heterocycles. The zero-order valence-corrected chi connectivity index (χ0v) is 13.6. The van der Waals surface area contributed by atoms with Crippen LogP contribution in [0.5, 0.6) is 0 Å². The van der Waals surface area contributed by atoms with Gasteiger partial charge in [0.1, 0.15) is 0 Å². The minimum absolute atomic E-state index is 0.805. The van der Waals surface area contributed by atoms with E-state index in [0.717, 1.165) is 44.0 Å². The number of hydrogen-bond acceptors (Lipinski definition) is 3. The summed E-state index contributed by atoms with van der Waals surface area (Å²) < 4.78 is 11.2. The van der Waals surface area contributed by atoms with Crippen LogP contribution in [0, 0.1) is 11.8 Å². The lowest BCUT2D eigenvalue weighted by Gasteiger charge is -2.28. The molecule has 0 aromatic carbocycles. The van der Waals surface area contributed by atoms with Gasteiger partial charge in [-0.1, -0.05) is 13.8 Å². The van der Waals surface area contributed by atoms with Crippen LogP contribution in [-0.4, -0.2) is 38.4 Å². The first-order valence-corrected chi connectivity index (χ1v) is 8.90. The second kappa shape index (κ2) is 13.7. The Morgan fingerprint density at radius 1 is 0.944 bits per heavy atom. The van der Waals surface area contributed by atoms with E-state index in [4.69, 9.17) is 9.47 Å². The van der Waals surface area contributed by atoms with Crippen molar-refractivity contribution in [2.24, 2.45) is 11.8 Å². The third-order valence-corrected chi connectivity index (χ3v) is 3.88. The maximum absolute atomic E-state index is 5.68. The number of hydrogen-bond donors (Lipinski definition) is 0. The van der Waals surface area contributed by atoms with Crippen LogP contribution in [0.2, 0.25) is 0 Å². The van der Waals surface area contributed by atoms with Crippen molar-refractivity contribution < 1.29 is 9.47 Å². The number of ether oxygens (including phenoxy) is 2. The second-order valence-corrected chi connectivity index (χ2v) is 5.60. The molecule has 110 valence electrons. The van der Waals surface area contributed by atoms with E-state index in [9.17, 15) is 0 Å². The predicted octanol–water partition coefficient (Wildman–Crippen LogP) is 4.24. The molecule has 0 N–H and O–H groups in total. The van der Waals surface area contributed by atoms with Gasteiger partial charge >= 0.3 is 0 Å². The van der Waals surface area contributed by atoms with Crippen LogP contribution < -0.4 is 0 Å². The maximum Gasteiger partial charge on any atom is 0.0556 e. The molecule has 0 saturated heterocycles. The first kappa shape index (κ1) is 18.3. The van der Waals surface area contributed by atoms with E-state index in [2.05, 4.69) is 13.2 Å². The summed E-state index contributed by atoms with van der Waals surface area (Å²) in [6.07, 6.45) is 7.45. The second-order valence-electron chi connectivity index (χ2n) is 4.61. The van der Waals surface area contributed by atoms with Crippen molar-refractivity contribution in [3.8, 4) is 0 Å². The molecule has 0 spiro atoms. The number of thioether (sulfide) groups is 1. The molecule has 1 fully saturated rings. The Morgan fingerprint density at radius 2 is 1.44 bits per heavy atom. The monoisotopic (exact) mass is 276 g/mol. The molecule has 2 nitrogen and oxygen atoms in total. The largest absolute Gasteiger partial charge is 0.381 e. The van der Waals surface area contributed by atoms with Crippen molar-refractivity contribution in [2.45, 2.75) is 46.5 Å². The zero-order chi connectivity index (χ0) is 13.6. The van der Waals surface area contributed by atoms with E-state index in [1.54, 1.807) is 0 Å². The summed E-state index contributed by atoms with van der Waals surface area (Å²) in [4.78, 5) is 0. The van der Waals surface area contributed by atoms with Crippen molar-refractivity contribution in [2.75, 3.05) is 38.4 Å². The molecule has 1 aliphatic carbocycles. The maximum atomic E-state index is 5.68. The molecule has 0 radical (unpaired) electrons. The highest BCUT2D eigenvalue weighted by Crippen LogP contribution is 2.29. The fourth-order valence-electron chi connectivity index (χ4n) is 2.24. The van der Waals surface area contributed by atoms with Crippen molar-refractivity contribution in [1.82, 2.24) is 0 Å². The number of rotatable bonds is 8. The average molecular weight is 276 g/mol. The SMILES string of the molecule is CC.CCOCC1CCC(COCCSC)CC1. The smallest absolute Gasteiger partial charge is 0.0556 e. The highest BCUT2D eigenvalue weighted by molar-refractivity contribution is 7.98. The van der Waals surface area contributed by atoms with Crippen LogP contribution in [-0.2, 0) is 9.47 Å². The van der Waals surface area contributed by atoms with Crippen LogP contribution in [0.15, 0.2) is 0 Å². The fourth-order valence-corrected chi connectivity index (χ4v) is 2.53. The fraction of sp³-hybridized carbons (Fsp3) is 1.00. The molecule has 1 saturated carbocycles. The van der Waals surface area contributed by atoms with E-state index < -0.39 is 0 Å². The molecule has 1 aliphatic rings. The summed E-state index contributed by atoms with van der Waals surface area (Å²) in [7, 11) is 0. The predicted molar refractivity (Wildman–Crippen MR) is 82.5 cm³/mol. The van der Waals surface area contributed by atoms with Crippen molar-refractivity contribution >= 4 is 11.8 Å². The average Bonchev–Trinajstić information content (AvgIpc) is 2.45. The normalized spacial score (nSPS) is 23.3. The first-order chi connectivity index (χ1) is 8.86. The molecular weight excluding hydrogens is 244 g/mol. The standard InChI is InChI=1S/C13H26O2S.C2H6/c1-3-14-10-12-4-6-13(7-5-12)11-15-8-9-16-2;1-2/h12-13H,3-11H2,1-2H3;1-2H3. The van der Waals surface area contributed by atoms with Crippen LogP contribution in [0.4, 0.5) is 0 Å². The van der Waals surface area contributed by atoms with Gasteiger partial charge in [0.25, 0.3) is 0 Å². The van der Waals surface area contributed by atoms with Gasteiger partial charge in [-0.15, -0.1) is 0 Å². The Kier molecular flexibility index (Phi) is 13.9. The van der Waals surface area contributed by atoms with E-state index in [1.807, 2.05) is 25.6 Å². The van der Waals surface area contributed by atoms with Gasteiger partial charge in [-0.25, -0.2) is 0 Å². The van der Waals surface area contributed by atoms with Gasteiger partial charge in [-0.2, -0.15) is 11.8 Å². The van der Waals surface area contributed by atoms with E-state index in [0.29, 0.717) is 0 Å². The Labute approximate surface area is 118 Å². The molecule has 0 unspecified atom stereocenters. The molecule has 3 heteroatoms. The third kappa shape index (κ3) is 9.23. The Balaban J connectivity index is 0.00000137. The quantitative estimate of drug-likeness (QED) is 0.618. The highest BCUT2D eigenvalue weighted by Gasteiger charge is 2.21. The van der Waals surface area contributed by atoms with Crippen molar-refractivity contribution in [3.63, 3.8) is 0 Å². The molecule has 0 bridgehead atoms. The summed E-state index contributed by atoms with van der Waals surface area (Å²) in [5, 5.41) is 0. The van der Waals surface area contributed by atoms with E-state index in [-0.39, 0.29) is 0 Å². The van der Waals surface area contributed by atoms with Gasteiger partial charge in [-0.3, -0.25) is 0 Å². The lowest BCUT2D eigenvalue weighted by molar-refractivity contribution is 0.0580.